The molecule has 9 nitrogen and oxygen atoms in total. The summed E-state index contributed by atoms with van der Waals surface area (Å²) in [6.07, 6.45) is 0.645. The second kappa shape index (κ2) is 10.8. The fourth-order valence-electron chi connectivity index (χ4n) is 6.69. The predicted octanol–water partition coefficient (Wildman–Crippen LogP) is 4.18. The molecule has 0 spiro atoms. The minimum Gasteiger partial charge on any atom is -0.465 e. The zero-order chi connectivity index (χ0) is 29.7. The molecule has 3 aromatic rings. The molecule has 3 fully saturated rings. The lowest BCUT2D eigenvalue weighted by atomic mass is 9.88. The smallest absolute Gasteiger partial charge is 0.324 e. The summed E-state index contributed by atoms with van der Waals surface area (Å²) >= 11 is 0. The highest BCUT2D eigenvalue weighted by Crippen LogP contribution is 2.49. The molecule has 4 aliphatic rings. The van der Waals surface area contributed by atoms with Gasteiger partial charge >= 0.3 is 5.97 Å². The van der Waals surface area contributed by atoms with Crippen LogP contribution in [0.25, 0.3) is 0 Å². The van der Waals surface area contributed by atoms with E-state index < -0.39 is 54.0 Å². The fraction of sp³-hybridized carbons (Fsp3) is 0.324. The van der Waals surface area contributed by atoms with Crippen LogP contribution in [0.2, 0.25) is 0 Å². The van der Waals surface area contributed by atoms with E-state index in [1.165, 1.54) is 4.90 Å². The largest absolute Gasteiger partial charge is 0.465 e. The molecule has 0 saturated carbocycles. The molecule has 4 heterocycles. The lowest BCUT2D eigenvalue weighted by Crippen LogP contribution is -2.49. The molecular weight excluding hydrogens is 548 g/mol. The molecule has 4 aliphatic heterocycles. The van der Waals surface area contributed by atoms with Crippen LogP contribution in [-0.2, 0) is 46.5 Å². The number of benzene rings is 3. The maximum Gasteiger partial charge on any atom is 0.324 e. The third kappa shape index (κ3) is 4.93. The highest BCUT2D eigenvalue weighted by atomic mass is 16.8. The van der Waals surface area contributed by atoms with Crippen LogP contribution >= 0.6 is 0 Å². The third-order valence-electron chi connectivity index (χ3n) is 8.44. The number of nitrogens with zero attached hydrogens (tertiary/aromatic N) is 2. The number of para-hydroxylation sites is 1. The van der Waals surface area contributed by atoms with Gasteiger partial charge in [0.2, 0.25) is 18.1 Å². The van der Waals surface area contributed by atoms with Crippen molar-refractivity contribution in [2.24, 2.45) is 11.8 Å². The number of amides is 2. The summed E-state index contributed by atoms with van der Waals surface area (Å²) in [5, 5.41) is 0. The van der Waals surface area contributed by atoms with Crippen molar-refractivity contribution in [1.82, 2.24) is 4.90 Å². The summed E-state index contributed by atoms with van der Waals surface area (Å²) in [6, 6.07) is 26.0. The van der Waals surface area contributed by atoms with Crippen molar-refractivity contribution >= 4 is 23.5 Å². The summed E-state index contributed by atoms with van der Waals surface area (Å²) in [6.45, 7) is 3.96. The number of carbonyl (C=O) groups excluding carboxylic acids is 3. The minimum atomic E-state index is -1.03. The van der Waals surface area contributed by atoms with Gasteiger partial charge < -0.3 is 18.9 Å². The van der Waals surface area contributed by atoms with E-state index in [4.69, 9.17) is 18.9 Å². The normalized spacial score (nSPS) is 29.3. The Bertz CT molecular complexity index is 1560. The molecule has 43 heavy (non-hydrogen) atoms. The average Bonchev–Trinajstić information content (AvgIpc) is 3.69. The number of ether oxygens (including phenoxy) is 4. The first-order valence-electron chi connectivity index (χ1n) is 14.5. The van der Waals surface area contributed by atoms with Gasteiger partial charge in [0.05, 0.1) is 23.6 Å². The number of fused-ring (bicyclic) bond motifs is 2. The summed E-state index contributed by atoms with van der Waals surface area (Å²) < 4.78 is 24.1. The Kier molecular flexibility index (Phi) is 6.88. The number of esters is 1. The molecule has 2 amide bonds. The van der Waals surface area contributed by atoms with Crippen LogP contribution < -0.4 is 4.90 Å². The van der Waals surface area contributed by atoms with Gasteiger partial charge in [0.1, 0.15) is 24.5 Å². The van der Waals surface area contributed by atoms with E-state index in [9.17, 15) is 14.4 Å². The summed E-state index contributed by atoms with van der Waals surface area (Å²) in [7, 11) is 0. The number of hydrogen-bond acceptors (Lipinski definition) is 8. The van der Waals surface area contributed by atoms with E-state index in [0.29, 0.717) is 18.0 Å². The van der Waals surface area contributed by atoms with E-state index in [1.807, 2.05) is 91.6 Å². The number of carbonyl (C=O) groups is 3. The van der Waals surface area contributed by atoms with Gasteiger partial charge in [-0.25, -0.2) is 4.90 Å². The van der Waals surface area contributed by atoms with Gasteiger partial charge in [-0.15, -0.1) is 0 Å². The molecule has 6 atom stereocenters. The van der Waals surface area contributed by atoms with Crippen LogP contribution in [0, 0.1) is 11.8 Å². The van der Waals surface area contributed by atoms with Crippen molar-refractivity contribution < 1.29 is 33.3 Å². The first-order valence-corrected chi connectivity index (χ1v) is 14.5. The van der Waals surface area contributed by atoms with Crippen molar-refractivity contribution in [3.63, 3.8) is 0 Å². The van der Waals surface area contributed by atoms with Crippen LogP contribution in [0.1, 0.15) is 25.0 Å². The molecule has 0 aromatic heterocycles. The molecule has 0 aliphatic carbocycles. The monoisotopic (exact) mass is 580 g/mol. The van der Waals surface area contributed by atoms with Crippen molar-refractivity contribution in [1.29, 1.82) is 0 Å². The van der Waals surface area contributed by atoms with E-state index in [1.54, 1.807) is 24.3 Å². The molecule has 0 unspecified atom stereocenters. The Hall–Kier alpha value is -4.31. The van der Waals surface area contributed by atoms with Crippen molar-refractivity contribution in [2.75, 3.05) is 4.90 Å². The lowest BCUT2D eigenvalue weighted by molar-refractivity contribution is -0.184. The fourth-order valence-corrected chi connectivity index (χ4v) is 6.69. The molecule has 220 valence electrons. The maximum atomic E-state index is 14.2. The first-order chi connectivity index (χ1) is 20.8. The molecule has 3 aromatic carbocycles. The number of rotatable bonds is 7. The number of hydrogen-bond donors (Lipinski definition) is 0. The van der Waals surface area contributed by atoms with Gasteiger partial charge in [0.25, 0.3) is 0 Å². The summed E-state index contributed by atoms with van der Waals surface area (Å²) in [5.41, 5.74) is 2.20. The van der Waals surface area contributed by atoms with E-state index in [2.05, 4.69) is 0 Å². The quantitative estimate of drug-likeness (QED) is 0.304. The average molecular weight is 581 g/mol. The van der Waals surface area contributed by atoms with Crippen LogP contribution in [0.5, 0.6) is 0 Å². The van der Waals surface area contributed by atoms with Gasteiger partial charge in [-0.2, -0.15) is 0 Å². The Balaban J connectivity index is 1.30. The second-order valence-electron chi connectivity index (χ2n) is 11.7. The Morgan fingerprint density at radius 1 is 0.814 bits per heavy atom. The van der Waals surface area contributed by atoms with Gasteiger partial charge in [0.15, 0.2) is 5.79 Å². The van der Waals surface area contributed by atoms with Crippen LogP contribution in [0.4, 0.5) is 5.69 Å². The Morgan fingerprint density at radius 2 is 1.42 bits per heavy atom. The molecule has 0 N–H and O–H groups in total. The van der Waals surface area contributed by atoms with Crippen molar-refractivity contribution in [3.8, 4) is 0 Å². The van der Waals surface area contributed by atoms with E-state index >= 15 is 0 Å². The second-order valence-corrected chi connectivity index (χ2v) is 11.7. The molecule has 0 bridgehead atoms. The van der Waals surface area contributed by atoms with Crippen molar-refractivity contribution in [3.05, 3.63) is 114 Å². The molecule has 0 radical (unpaired) electrons. The zero-order valence-electron chi connectivity index (χ0n) is 23.9. The summed E-state index contributed by atoms with van der Waals surface area (Å²) in [4.78, 5) is 45.6. The topological polar surface area (TPSA) is 94.6 Å². The molecule has 3 saturated heterocycles. The Morgan fingerprint density at radius 3 is 2.07 bits per heavy atom. The van der Waals surface area contributed by atoms with Crippen LogP contribution in [0.15, 0.2) is 103 Å². The minimum absolute atomic E-state index is 0.0437. The number of anilines is 1. The molecule has 9 heteroatoms. The van der Waals surface area contributed by atoms with Crippen molar-refractivity contribution in [2.45, 2.75) is 57.3 Å². The SMILES string of the molecule is CC1(C)O[C@H]2OC([C@@H]3[C@H]4C(=O)N(c5ccccc5)C(=O)[C@H]4[C@@H](C(=O)OCc4ccccc4)N3Cc3ccccc3)=C[C@H]2O1. The van der Waals surface area contributed by atoms with Gasteiger partial charge in [-0.1, -0.05) is 78.9 Å². The predicted molar refractivity (Wildman–Crippen MR) is 155 cm³/mol. The maximum absolute atomic E-state index is 14.2. The van der Waals surface area contributed by atoms with Gasteiger partial charge in [-0.3, -0.25) is 19.3 Å². The summed E-state index contributed by atoms with van der Waals surface area (Å²) in [5.74, 6) is -3.63. The standard InChI is InChI=1S/C34H32N2O7/c1-34(2)42-25-18-24(41-33(25)43-34)28-26-27(31(38)36(30(26)37)23-16-10-5-11-17-23)29(35(28)19-21-12-6-3-7-13-21)32(39)40-20-22-14-8-4-9-15-22/h3-18,25-29,33H,19-20H2,1-2H3/t25-,26+,27-,28-,29+,33-/m1/s1. The lowest BCUT2D eigenvalue weighted by Gasteiger charge is -2.33. The van der Waals surface area contributed by atoms with Crippen LogP contribution in [-0.4, -0.2) is 52.9 Å². The third-order valence-corrected chi connectivity index (χ3v) is 8.44. The van der Waals surface area contributed by atoms with Gasteiger partial charge in [-0.05, 0) is 43.2 Å². The molecule has 7 rings (SSSR count). The van der Waals surface area contributed by atoms with Gasteiger partial charge in [0, 0.05) is 6.54 Å². The highest BCUT2D eigenvalue weighted by molar-refractivity contribution is 6.23. The Labute approximate surface area is 249 Å². The van der Waals surface area contributed by atoms with E-state index in [0.717, 1.165) is 11.1 Å². The van der Waals surface area contributed by atoms with E-state index in [-0.39, 0.29) is 12.5 Å². The zero-order valence-corrected chi connectivity index (χ0v) is 23.9. The number of likely N-dealkylation sites (tertiary alicyclic amines) is 1. The van der Waals surface area contributed by atoms with Crippen LogP contribution in [0.3, 0.4) is 0 Å². The highest BCUT2D eigenvalue weighted by Gasteiger charge is 2.66. The number of imide groups is 1. The first kappa shape index (κ1) is 27.5. The molecular formula is C34H32N2O7.